The summed E-state index contributed by atoms with van der Waals surface area (Å²) in [4.78, 5) is 11.1. The van der Waals surface area contributed by atoms with Gasteiger partial charge in [-0.05, 0) is 6.07 Å². The molecule has 1 heterocycles. The molecule has 1 fully saturated rings. The van der Waals surface area contributed by atoms with Crippen molar-refractivity contribution < 1.29 is 23.2 Å². The third kappa shape index (κ3) is 4.84. The predicted octanol–water partition coefficient (Wildman–Crippen LogP) is 2.49. The average Bonchev–Trinajstić information content (AvgIpc) is 2.43. The lowest BCUT2D eigenvalue weighted by atomic mass is 10.0. The summed E-state index contributed by atoms with van der Waals surface area (Å²) in [7, 11) is 0. The van der Waals surface area contributed by atoms with E-state index >= 15 is 0 Å². The Balaban J connectivity index is 0.00000242. The van der Waals surface area contributed by atoms with Gasteiger partial charge in [-0.15, -0.1) is 24.8 Å². The lowest BCUT2D eigenvalue weighted by molar-refractivity contribution is -0.386. The molecular weight excluding hydrogens is 362 g/mol. The summed E-state index contributed by atoms with van der Waals surface area (Å²) >= 11 is 0. The van der Waals surface area contributed by atoms with Gasteiger partial charge in [-0.1, -0.05) is 0 Å². The normalized spacial score (nSPS) is 16.3. The Hall–Kier alpha value is -1.29. The van der Waals surface area contributed by atoms with Crippen LogP contribution in [0.25, 0.3) is 0 Å². The van der Waals surface area contributed by atoms with Crippen LogP contribution in [0, 0.1) is 15.9 Å². The number of nitro benzene ring substituents is 1. The molecular formula is C12H16Cl2F3N3O3. The van der Waals surface area contributed by atoms with Gasteiger partial charge in [0.1, 0.15) is 11.9 Å². The van der Waals surface area contributed by atoms with E-state index in [2.05, 4.69) is 5.32 Å². The van der Waals surface area contributed by atoms with Gasteiger partial charge >= 0.3 is 5.69 Å². The molecule has 0 aliphatic carbocycles. The van der Waals surface area contributed by atoms with Gasteiger partial charge in [-0.2, -0.15) is 0 Å². The van der Waals surface area contributed by atoms with Gasteiger partial charge in [-0.25, -0.2) is 13.2 Å². The largest absolute Gasteiger partial charge is 0.502 e. The van der Waals surface area contributed by atoms with Gasteiger partial charge in [0.05, 0.1) is 11.0 Å². The molecule has 2 rings (SSSR count). The zero-order chi connectivity index (χ0) is 15.6. The number of hydrogen-bond acceptors (Lipinski definition) is 5. The van der Waals surface area contributed by atoms with E-state index in [9.17, 15) is 28.4 Å². The number of phenols is 1. The highest BCUT2D eigenvalue weighted by molar-refractivity contribution is 5.85. The van der Waals surface area contributed by atoms with E-state index in [-0.39, 0.29) is 37.9 Å². The van der Waals surface area contributed by atoms with E-state index in [4.69, 9.17) is 0 Å². The first kappa shape index (κ1) is 21.7. The summed E-state index contributed by atoms with van der Waals surface area (Å²) in [6, 6.07) is -0.346. The first-order chi connectivity index (χ1) is 9.91. The fourth-order valence-electron chi connectivity index (χ4n) is 2.42. The van der Waals surface area contributed by atoms with Crippen LogP contribution in [0.1, 0.15) is 11.6 Å². The lowest BCUT2D eigenvalue weighted by Gasteiger charge is -2.34. The number of alkyl halides is 2. The minimum atomic E-state index is -2.91. The van der Waals surface area contributed by atoms with Gasteiger partial charge in [0, 0.05) is 31.7 Å². The quantitative estimate of drug-likeness (QED) is 0.622. The summed E-state index contributed by atoms with van der Waals surface area (Å²) in [5, 5.41) is 23.6. The zero-order valence-corrected chi connectivity index (χ0v) is 13.4. The first-order valence-electron chi connectivity index (χ1n) is 6.31. The molecule has 1 aromatic rings. The van der Waals surface area contributed by atoms with E-state index < -0.39 is 40.2 Å². The van der Waals surface area contributed by atoms with Crippen LogP contribution < -0.4 is 5.32 Å². The molecule has 1 atom stereocenters. The van der Waals surface area contributed by atoms with E-state index in [0.29, 0.717) is 19.2 Å². The first-order valence-corrected chi connectivity index (χ1v) is 6.31. The van der Waals surface area contributed by atoms with Gasteiger partial charge in [-0.3, -0.25) is 15.0 Å². The Bertz CT molecular complexity index is 546. The second kappa shape index (κ2) is 9.11. The van der Waals surface area contributed by atoms with Crippen LogP contribution in [-0.2, 0) is 0 Å². The van der Waals surface area contributed by atoms with Crippen LogP contribution in [0.5, 0.6) is 5.75 Å². The highest BCUT2D eigenvalue weighted by Crippen LogP contribution is 2.39. The molecule has 6 nitrogen and oxygen atoms in total. The maximum atomic E-state index is 13.5. The Morgan fingerprint density at radius 3 is 2.30 bits per heavy atom. The molecule has 0 saturated carbocycles. The molecule has 2 N–H and O–H groups in total. The van der Waals surface area contributed by atoms with Crippen molar-refractivity contribution in [1.29, 1.82) is 0 Å². The average molecular weight is 378 g/mol. The Morgan fingerprint density at radius 1 is 1.26 bits per heavy atom. The predicted molar refractivity (Wildman–Crippen MR) is 82.4 cm³/mol. The fourth-order valence-corrected chi connectivity index (χ4v) is 2.42. The summed E-state index contributed by atoms with van der Waals surface area (Å²) in [6.07, 6.45) is -2.91. The van der Waals surface area contributed by atoms with Crippen molar-refractivity contribution in [3.05, 3.63) is 33.6 Å². The molecule has 11 heteroatoms. The summed E-state index contributed by atoms with van der Waals surface area (Å²) in [5.41, 5.74) is -1.37. The highest BCUT2D eigenvalue weighted by atomic mass is 35.5. The lowest BCUT2D eigenvalue weighted by Crippen LogP contribution is -2.47. The maximum Gasteiger partial charge on any atom is 0.313 e. The van der Waals surface area contributed by atoms with Crippen molar-refractivity contribution in [3.63, 3.8) is 0 Å². The molecule has 0 amide bonds. The Kier molecular flexibility index (Phi) is 8.60. The molecule has 0 aromatic heterocycles. The fraction of sp³-hybridized carbons (Fsp3) is 0.500. The zero-order valence-electron chi connectivity index (χ0n) is 11.7. The minimum absolute atomic E-state index is 0. The highest BCUT2D eigenvalue weighted by Gasteiger charge is 2.35. The monoisotopic (exact) mass is 377 g/mol. The van der Waals surface area contributed by atoms with Crippen molar-refractivity contribution in [3.8, 4) is 5.75 Å². The van der Waals surface area contributed by atoms with Crippen LogP contribution in [0.2, 0.25) is 0 Å². The summed E-state index contributed by atoms with van der Waals surface area (Å²) < 4.78 is 40.2. The van der Waals surface area contributed by atoms with Crippen molar-refractivity contribution in [1.82, 2.24) is 10.2 Å². The topological polar surface area (TPSA) is 78.6 Å². The Morgan fingerprint density at radius 2 is 1.83 bits per heavy atom. The number of rotatable bonds is 4. The third-order valence-electron chi connectivity index (χ3n) is 3.38. The minimum Gasteiger partial charge on any atom is -0.502 e. The molecule has 0 bridgehead atoms. The maximum absolute atomic E-state index is 13.5. The van der Waals surface area contributed by atoms with E-state index in [1.165, 1.54) is 4.90 Å². The molecule has 0 radical (unpaired) electrons. The number of nitrogens with zero attached hydrogens (tertiary/aromatic N) is 2. The van der Waals surface area contributed by atoms with E-state index in [1.807, 2.05) is 0 Å². The molecule has 132 valence electrons. The molecule has 0 spiro atoms. The summed E-state index contributed by atoms with van der Waals surface area (Å²) in [6.45, 7) is 1.50. The number of halogens is 5. The molecule has 0 unspecified atom stereocenters. The van der Waals surface area contributed by atoms with Crippen molar-refractivity contribution in [2.75, 3.05) is 26.2 Å². The second-order valence-corrected chi connectivity index (χ2v) is 4.69. The number of benzene rings is 1. The number of hydrogen-bond donors (Lipinski definition) is 2. The van der Waals surface area contributed by atoms with Crippen LogP contribution in [0.4, 0.5) is 18.9 Å². The van der Waals surface area contributed by atoms with E-state index in [1.54, 1.807) is 0 Å². The Labute approximate surface area is 142 Å². The second-order valence-electron chi connectivity index (χ2n) is 4.69. The van der Waals surface area contributed by atoms with Crippen LogP contribution in [-0.4, -0.2) is 47.5 Å². The standard InChI is InChI=1S/C12H14F3N3O3.2ClH/c13-7-5-8(11(19)9(6-7)18(20)21)10(12(14)15)17-3-1-16-2-4-17;;/h5-6,10,12,16,19H,1-4H2;2*1H/t10-;;/m0../s1. The number of nitrogens with one attached hydrogen (secondary N) is 1. The van der Waals surface area contributed by atoms with Crippen LogP contribution >= 0.6 is 24.8 Å². The molecule has 1 saturated heterocycles. The number of piperazine rings is 1. The van der Waals surface area contributed by atoms with Crippen molar-refractivity contribution >= 4 is 30.5 Å². The van der Waals surface area contributed by atoms with Gasteiger partial charge < -0.3 is 10.4 Å². The summed E-state index contributed by atoms with van der Waals surface area (Å²) in [5.74, 6) is -1.94. The number of phenolic OH excluding ortho intramolecular Hbond substituents is 1. The molecule has 23 heavy (non-hydrogen) atoms. The molecule has 1 aliphatic rings. The van der Waals surface area contributed by atoms with E-state index in [0.717, 1.165) is 6.07 Å². The van der Waals surface area contributed by atoms with Gasteiger partial charge in [0.15, 0.2) is 5.75 Å². The van der Waals surface area contributed by atoms with Gasteiger partial charge in [0.2, 0.25) is 0 Å². The molecule has 1 aliphatic heterocycles. The van der Waals surface area contributed by atoms with Crippen molar-refractivity contribution in [2.45, 2.75) is 12.5 Å². The molecule has 1 aromatic carbocycles. The third-order valence-corrected chi connectivity index (χ3v) is 3.38. The van der Waals surface area contributed by atoms with Crippen molar-refractivity contribution in [2.24, 2.45) is 0 Å². The van der Waals surface area contributed by atoms with Crippen LogP contribution in [0.3, 0.4) is 0 Å². The van der Waals surface area contributed by atoms with Gasteiger partial charge in [0.25, 0.3) is 6.43 Å². The number of nitro groups is 1. The SMILES string of the molecule is Cl.Cl.O=[N+]([O-])c1cc(F)cc([C@@H](C(F)F)N2CCNCC2)c1O. The smallest absolute Gasteiger partial charge is 0.313 e. The number of aromatic hydroxyl groups is 1. The van der Waals surface area contributed by atoms with Crippen LogP contribution in [0.15, 0.2) is 12.1 Å².